The van der Waals surface area contributed by atoms with Gasteiger partial charge in [-0.3, -0.25) is 4.31 Å². The van der Waals surface area contributed by atoms with Crippen molar-refractivity contribution in [1.29, 1.82) is 0 Å². The molecular weight excluding hydrogens is 366 g/mol. The highest BCUT2D eigenvalue weighted by atomic mass is 79.9. The molecule has 0 bridgehead atoms. The van der Waals surface area contributed by atoms with Crippen LogP contribution in [-0.2, 0) is 10.0 Å². The Bertz CT molecular complexity index is 754. The maximum Gasteiger partial charge on any atom is 0.337 e. The molecule has 5 nitrogen and oxygen atoms in total. The van der Waals surface area contributed by atoms with Crippen LogP contribution in [-0.4, -0.2) is 26.5 Å². The first kappa shape index (κ1) is 15.0. The van der Waals surface area contributed by atoms with Gasteiger partial charge in [0.25, 0.3) is 10.0 Å². The first-order valence-corrected chi connectivity index (χ1v) is 8.51. The van der Waals surface area contributed by atoms with Gasteiger partial charge < -0.3 is 5.11 Å². The van der Waals surface area contributed by atoms with Crippen molar-refractivity contribution in [1.82, 2.24) is 0 Å². The van der Waals surface area contributed by atoms with Gasteiger partial charge in [0.1, 0.15) is 0 Å². The lowest BCUT2D eigenvalue weighted by Crippen LogP contribution is -2.27. The Balaban J connectivity index is 2.55. The Morgan fingerprint density at radius 3 is 2.50 bits per heavy atom. The van der Waals surface area contributed by atoms with E-state index in [0.717, 1.165) is 15.6 Å². The summed E-state index contributed by atoms with van der Waals surface area (Å²) in [6, 6.07) is 7.61. The van der Waals surface area contributed by atoms with Crippen molar-refractivity contribution in [2.75, 3.05) is 11.4 Å². The summed E-state index contributed by atoms with van der Waals surface area (Å²) < 4.78 is 26.6. The van der Waals surface area contributed by atoms with E-state index in [2.05, 4.69) is 15.9 Å². The third-order valence-electron chi connectivity index (χ3n) is 2.65. The second-order valence-electron chi connectivity index (χ2n) is 3.85. The van der Waals surface area contributed by atoms with Gasteiger partial charge in [-0.05, 0) is 39.5 Å². The molecule has 1 heterocycles. The molecule has 0 fully saturated rings. The van der Waals surface area contributed by atoms with E-state index in [1.165, 1.54) is 19.2 Å². The van der Waals surface area contributed by atoms with E-state index in [9.17, 15) is 13.2 Å². The zero-order chi connectivity index (χ0) is 14.9. The van der Waals surface area contributed by atoms with Crippen molar-refractivity contribution in [2.45, 2.75) is 4.21 Å². The van der Waals surface area contributed by atoms with Crippen molar-refractivity contribution in [3.8, 4) is 0 Å². The summed E-state index contributed by atoms with van der Waals surface area (Å²) in [5.74, 6) is -1.17. The number of carbonyl (C=O) groups is 1. The average Bonchev–Trinajstić information content (AvgIpc) is 2.84. The van der Waals surface area contributed by atoms with Crippen molar-refractivity contribution in [2.24, 2.45) is 0 Å². The van der Waals surface area contributed by atoms with Crippen molar-refractivity contribution >= 4 is 48.9 Å². The molecule has 0 aliphatic heterocycles. The highest BCUT2D eigenvalue weighted by Crippen LogP contribution is 2.33. The molecular formula is C12H10BrNO4S2. The van der Waals surface area contributed by atoms with E-state index in [1.54, 1.807) is 23.6 Å². The van der Waals surface area contributed by atoms with Crippen LogP contribution in [0.2, 0.25) is 0 Å². The van der Waals surface area contributed by atoms with Crippen LogP contribution in [0.1, 0.15) is 10.4 Å². The Labute approximate surface area is 128 Å². The molecule has 0 saturated carbocycles. The summed E-state index contributed by atoms with van der Waals surface area (Å²) in [6.45, 7) is 0. The maximum atomic E-state index is 12.5. The number of anilines is 1. The van der Waals surface area contributed by atoms with Gasteiger partial charge in [-0.1, -0.05) is 12.1 Å². The van der Waals surface area contributed by atoms with Crippen LogP contribution < -0.4 is 4.31 Å². The number of hydrogen-bond acceptors (Lipinski definition) is 4. The van der Waals surface area contributed by atoms with E-state index in [0.29, 0.717) is 4.47 Å². The summed E-state index contributed by atoms with van der Waals surface area (Å²) in [5, 5.41) is 10.8. The minimum Gasteiger partial charge on any atom is -0.478 e. The first-order chi connectivity index (χ1) is 9.35. The SMILES string of the molecule is CN(c1ccccc1C(=O)O)S(=O)(=O)c1sccc1Br. The molecule has 1 aromatic carbocycles. The Kier molecular flexibility index (Phi) is 4.17. The van der Waals surface area contributed by atoms with E-state index in [-0.39, 0.29) is 15.5 Å². The fourth-order valence-electron chi connectivity index (χ4n) is 1.65. The fourth-order valence-corrected chi connectivity index (χ4v) is 5.33. The van der Waals surface area contributed by atoms with Crippen molar-refractivity contribution < 1.29 is 18.3 Å². The maximum absolute atomic E-state index is 12.5. The van der Waals surface area contributed by atoms with Crippen LogP contribution in [0, 0.1) is 0 Å². The van der Waals surface area contributed by atoms with Crippen LogP contribution in [0.15, 0.2) is 44.4 Å². The first-order valence-electron chi connectivity index (χ1n) is 5.40. The number of sulfonamides is 1. The minimum atomic E-state index is -3.79. The molecule has 0 unspecified atom stereocenters. The lowest BCUT2D eigenvalue weighted by Gasteiger charge is -2.20. The van der Waals surface area contributed by atoms with E-state index in [1.807, 2.05) is 0 Å². The number of para-hydroxylation sites is 1. The fraction of sp³-hybridized carbons (Fsp3) is 0.0833. The normalized spacial score (nSPS) is 11.3. The summed E-state index contributed by atoms with van der Waals surface area (Å²) in [6.07, 6.45) is 0. The van der Waals surface area contributed by atoms with Gasteiger partial charge in [-0.2, -0.15) is 0 Å². The molecule has 0 aliphatic rings. The Hall–Kier alpha value is -1.38. The third-order valence-corrected chi connectivity index (χ3v) is 7.07. The lowest BCUT2D eigenvalue weighted by atomic mass is 10.2. The molecule has 2 aromatic rings. The van der Waals surface area contributed by atoms with Crippen molar-refractivity contribution in [3.05, 3.63) is 45.7 Å². The highest BCUT2D eigenvalue weighted by Gasteiger charge is 2.27. The number of hydrogen-bond donors (Lipinski definition) is 1. The van der Waals surface area contributed by atoms with E-state index >= 15 is 0 Å². The third kappa shape index (κ3) is 2.58. The number of nitrogens with zero attached hydrogens (tertiary/aromatic N) is 1. The van der Waals surface area contributed by atoms with Crippen LogP contribution in [0.5, 0.6) is 0 Å². The molecule has 0 amide bonds. The largest absolute Gasteiger partial charge is 0.478 e. The van der Waals surface area contributed by atoms with Gasteiger partial charge in [0.05, 0.1) is 11.3 Å². The molecule has 2 rings (SSSR count). The second kappa shape index (κ2) is 5.55. The lowest BCUT2D eigenvalue weighted by molar-refractivity contribution is 0.0698. The quantitative estimate of drug-likeness (QED) is 0.890. The van der Waals surface area contributed by atoms with Crippen LogP contribution in [0.3, 0.4) is 0 Å². The Morgan fingerprint density at radius 2 is 1.95 bits per heavy atom. The molecule has 0 saturated heterocycles. The van der Waals surface area contributed by atoms with Gasteiger partial charge in [0, 0.05) is 11.5 Å². The number of rotatable bonds is 4. The van der Waals surface area contributed by atoms with Crippen LogP contribution in [0.4, 0.5) is 5.69 Å². The minimum absolute atomic E-state index is 0.0637. The van der Waals surface area contributed by atoms with E-state index < -0.39 is 16.0 Å². The molecule has 0 aliphatic carbocycles. The topological polar surface area (TPSA) is 74.7 Å². The summed E-state index contributed by atoms with van der Waals surface area (Å²) >= 11 is 4.25. The van der Waals surface area contributed by atoms with Gasteiger partial charge in [0.15, 0.2) is 4.21 Å². The number of halogens is 1. The molecule has 106 valence electrons. The molecule has 8 heteroatoms. The van der Waals surface area contributed by atoms with Gasteiger partial charge in [-0.25, -0.2) is 13.2 Å². The molecule has 0 atom stereocenters. The molecule has 0 spiro atoms. The van der Waals surface area contributed by atoms with Gasteiger partial charge >= 0.3 is 5.97 Å². The van der Waals surface area contributed by atoms with Gasteiger partial charge in [0.2, 0.25) is 0 Å². The number of benzene rings is 1. The van der Waals surface area contributed by atoms with Gasteiger partial charge in [-0.15, -0.1) is 11.3 Å². The zero-order valence-electron chi connectivity index (χ0n) is 10.3. The standard InChI is InChI=1S/C12H10BrNO4S2/c1-14(10-5-3-2-4-8(10)11(15)16)20(17,18)12-9(13)6-7-19-12/h2-7H,1H3,(H,15,16). The number of thiophene rings is 1. The zero-order valence-corrected chi connectivity index (χ0v) is 13.5. The summed E-state index contributed by atoms with van der Waals surface area (Å²) in [4.78, 5) is 11.2. The van der Waals surface area contributed by atoms with Crippen LogP contribution >= 0.6 is 27.3 Å². The highest BCUT2D eigenvalue weighted by molar-refractivity contribution is 9.10. The van der Waals surface area contributed by atoms with E-state index in [4.69, 9.17) is 5.11 Å². The summed E-state index contributed by atoms with van der Waals surface area (Å²) in [7, 11) is -2.46. The molecule has 20 heavy (non-hydrogen) atoms. The number of carboxylic acid groups (broad SMARTS) is 1. The second-order valence-corrected chi connectivity index (χ2v) is 7.79. The molecule has 1 N–H and O–H groups in total. The number of aromatic carboxylic acids is 1. The predicted molar refractivity (Wildman–Crippen MR) is 81.0 cm³/mol. The average molecular weight is 376 g/mol. The Morgan fingerprint density at radius 1 is 1.30 bits per heavy atom. The van der Waals surface area contributed by atoms with Crippen molar-refractivity contribution in [3.63, 3.8) is 0 Å². The van der Waals surface area contributed by atoms with Crippen LogP contribution in [0.25, 0.3) is 0 Å². The molecule has 0 radical (unpaired) electrons. The summed E-state index contributed by atoms with van der Waals surface area (Å²) in [5.41, 5.74) is 0.0616. The molecule has 1 aromatic heterocycles. The smallest absolute Gasteiger partial charge is 0.337 e. The number of carboxylic acids is 1. The monoisotopic (exact) mass is 375 g/mol. The predicted octanol–water partition coefficient (Wildman–Crippen LogP) is 3.03.